The van der Waals surface area contributed by atoms with Crippen molar-refractivity contribution in [1.82, 2.24) is 4.98 Å². The number of esters is 1. The highest BCUT2D eigenvalue weighted by Gasteiger charge is 2.35. The van der Waals surface area contributed by atoms with Crippen molar-refractivity contribution in [3.05, 3.63) is 18.0 Å². The first-order valence-corrected chi connectivity index (χ1v) is 8.48. The van der Waals surface area contributed by atoms with Crippen LogP contribution in [0.25, 0.3) is 0 Å². The summed E-state index contributed by atoms with van der Waals surface area (Å²) in [5.41, 5.74) is -2.15. The lowest BCUT2D eigenvalue weighted by molar-refractivity contribution is -0.0893. The van der Waals surface area contributed by atoms with E-state index in [0.717, 1.165) is 0 Å². The lowest BCUT2D eigenvalue weighted by Crippen LogP contribution is -2.49. The molecule has 0 saturated carbocycles. The fourth-order valence-corrected chi connectivity index (χ4v) is 1.67. The smallest absolute Gasteiger partial charge is 0.412 e. The zero-order valence-electron chi connectivity index (χ0n) is 17.2. The molecular weight excluding hydrogens is 351 g/mol. The van der Waals surface area contributed by atoms with E-state index in [0.29, 0.717) is 5.46 Å². The lowest BCUT2D eigenvalue weighted by Gasteiger charge is -2.37. The maximum absolute atomic E-state index is 12.1. The van der Waals surface area contributed by atoms with Crippen molar-refractivity contribution >= 4 is 30.7 Å². The van der Waals surface area contributed by atoms with E-state index in [2.05, 4.69) is 10.3 Å². The number of ether oxygens (including phenoxy) is 2. The minimum Gasteiger partial charge on any atom is -0.464 e. The Hall–Kier alpha value is -2.13. The summed E-state index contributed by atoms with van der Waals surface area (Å²) >= 11 is 0. The van der Waals surface area contributed by atoms with Crippen LogP contribution in [0.3, 0.4) is 0 Å². The van der Waals surface area contributed by atoms with Crippen LogP contribution in [0.15, 0.2) is 12.3 Å². The first-order valence-electron chi connectivity index (χ1n) is 8.48. The van der Waals surface area contributed by atoms with Crippen molar-refractivity contribution in [3.8, 4) is 0 Å². The second-order valence-electron chi connectivity index (χ2n) is 8.09. The van der Waals surface area contributed by atoms with Crippen molar-refractivity contribution in [3.63, 3.8) is 0 Å². The zero-order chi connectivity index (χ0) is 21.0. The van der Waals surface area contributed by atoms with E-state index in [-0.39, 0.29) is 11.4 Å². The molecule has 1 amide bonds. The number of aromatic nitrogens is 1. The van der Waals surface area contributed by atoms with Crippen LogP contribution in [0.2, 0.25) is 0 Å². The maximum Gasteiger partial charge on any atom is 0.412 e. The van der Waals surface area contributed by atoms with E-state index in [9.17, 15) is 14.7 Å². The molecule has 0 fully saturated rings. The molecular formula is C18H28BN2O6. The summed E-state index contributed by atoms with van der Waals surface area (Å²) in [5.74, 6) is -0.703. The van der Waals surface area contributed by atoms with Gasteiger partial charge in [-0.2, -0.15) is 0 Å². The largest absolute Gasteiger partial charge is 0.464 e. The molecule has 0 unspecified atom stereocenters. The van der Waals surface area contributed by atoms with Gasteiger partial charge in [0.1, 0.15) is 5.60 Å². The summed E-state index contributed by atoms with van der Waals surface area (Å²) in [4.78, 5) is 28.0. The second kappa shape index (κ2) is 8.27. The molecule has 8 nitrogen and oxygen atoms in total. The fourth-order valence-electron chi connectivity index (χ4n) is 1.67. The van der Waals surface area contributed by atoms with Gasteiger partial charge in [0.15, 0.2) is 5.69 Å². The Morgan fingerprint density at radius 2 is 1.74 bits per heavy atom. The molecule has 1 rings (SSSR count). The molecule has 0 bridgehead atoms. The minimum atomic E-state index is -1.10. The Labute approximate surface area is 160 Å². The number of aliphatic hydroxyl groups is 1. The molecule has 0 aliphatic carbocycles. The molecule has 0 aliphatic heterocycles. The Morgan fingerprint density at radius 3 is 2.22 bits per heavy atom. The average molecular weight is 379 g/mol. The van der Waals surface area contributed by atoms with Gasteiger partial charge in [-0.15, -0.1) is 0 Å². The maximum atomic E-state index is 12.1. The Bertz CT molecular complexity index is 692. The number of pyridine rings is 1. The van der Waals surface area contributed by atoms with Gasteiger partial charge >= 0.3 is 19.5 Å². The number of hydrogen-bond donors (Lipinski definition) is 2. The van der Waals surface area contributed by atoms with Crippen molar-refractivity contribution in [2.75, 3.05) is 12.4 Å². The quantitative estimate of drug-likeness (QED) is 0.575. The van der Waals surface area contributed by atoms with Crippen LogP contribution >= 0.6 is 0 Å². The Morgan fingerprint density at radius 1 is 1.15 bits per heavy atom. The van der Waals surface area contributed by atoms with E-state index in [4.69, 9.17) is 14.1 Å². The monoisotopic (exact) mass is 379 g/mol. The third-order valence-electron chi connectivity index (χ3n) is 3.89. The van der Waals surface area contributed by atoms with Gasteiger partial charge in [0.05, 0.1) is 24.0 Å². The Balaban J connectivity index is 3.07. The van der Waals surface area contributed by atoms with Crippen LogP contribution in [-0.4, -0.2) is 53.5 Å². The average Bonchev–Trinajstić information content (AvgIpc) is 2.49. The number of hydrogen-bond acceptors (Lipinski definition) is 7. The van der Waals surface area contributed by atoms with Gasteiger partial charge in [-0.3, -0.25) is 5.32 Å². The van der Waals surface area contributed by atoms with Crippen LogP contribution in [0, 0.1) is 0 Å². The van der Waals surface area contributed by atoms with Crippen LogP contribution < -0.4 is 10.8 Å². The summed E-state index contributed by atoms with van der Waals surface area (Å²) in [7, 11) is 2.61. The number of carbonyl (C=O) groups excluding carboxylic acids is 2. The SMILES string of the molecule is COC(=O)c1ncc([B]OC(C)(C)C(C)(C)O)cc1NC(=O)OC(C)(C)C. The molecule has 0 atom stereocenters. The summed E-state index contributed by atoms with van der Waals surface area (Å²) < 4.78 is 15.6. The normalized spacial score (nSPS) is 12.3. The predicted octanol–water partition coefficient (Wildman–Crippen LogP) is 2.03. The van der Waals surface area contributed by atoms with Crippen molar-refractivity contribution in [2.45, 2.75) is 65.3 Å². The number of methoxy groups -OCH3 is 1. The second-order valence-corrected chi connectivity index (χ2v) is 8.09. The lowest BCUT2D eigenvalue weighted by atomic mass is 9.83. The van der Waals surface area contributed by atoms with E-state index in [1.807, 2.05) is 0 Å². The summed E-state index contributed by atoms with van der Waals surface area (Å²) in [6.45, 7) is 11.9. The highest BCUT2D eigenvalue weighted by Crippen LogP contribution is 2.24. The highest BCUT2D eigenvalue weighted by molar-refractivity contribution is 6.47. The number of nitrogens with one attached hydrogen (secondary N) is 1. The number of rotatable bonds is 6. The molecule has 1 radical (unpaired) electrons. The van der Waals surface area contributed by atoms with E-state index in [1.165, 1.54) is 26.9 Å². The fraction of sp³-hybridized carbons (Fsp3) is 0.611. The molecule has 1 heterocycles. The van der Waals surface area contributed by atoms with Crippen LogP contribution in [0.4, 0.5) is 10.5 Å². The summed E-state index contributed by atoms with van der Waals surface area (Å²) in [6, 6.07) is 1.50. The summed E-state index contributed by atoms with van der Waals surface area (Å²) in [5, 5.41) is 12.7. The number of carbonyl (C=O) groups is 2. The van der Waals surface area contributed by atoms with E-state index in [1.54, 1.807) is 48.5 Å². The first-order chi connectivity index (χ1) is 12.2. The standard InChI is InChI=1S/C18H28BN2O6/c1-16(2,3)26-15(23)21-12-9-11(10-20-13(12)14(22)25-8)19-27-18(6,7)17(4,5)24/h9-10,24H,1-8H3,(H,21,23). The van der Waals surface area contributed by atoms with Crippen molar-refractivity contribution in [2.24, 2.45) is 0 Å². The minimum absolute atomic E-state index is 0.0674. The molecule has 0 spiro atoms. The topological polar surface area (TPSA) is 107 Å². The molecule has 27 heavy (non-hydrogen) atoms. The Kier molecular flexibility index (Phi) is 7.02. The molecule has 0 aliphatic rings. The van der Waals surface area contributed by atoms with Gasteiger partial charge in [0.2, 0.25) is 0 Å². The molecule has 1 aromatic rings. The first kappa shape index (κ1) is 22.9. The molecule has 0 aromatic carbocycles. The molecule has 0 saturated heterocycles. The van der Waals surface area contributed by atoms with Gasteiger partial charge in [0, 0.05) is 6.20 Å². The molecule has 9 heteroatoms. The van der Waals surface area contributed by atoms with Gasteiger partial charge < -0.3 is 19.2 Å². The third kappa shape index (κ3) is 6.84. The van der Waals surface area contributed by atoms with Gasteiger partial charge in [0.25, 0.3) is 0 Å². The molecule has 149 valence electrons. The van der Waals surface area contributed by atoms with Crippen LogP contribution in [-0.2, 0) is 14.1 Å². The molecule has 1 aromatic heterocycles. The molecule has 2 N–H and O–H groups in total. The van der Waals surface area contributed by atoms with Crippen molar-refractivity contribution in [1.29, 1.82) is 0 Å². The predicted molar refractivity (Wildman–Crippen MR) is 102 cm³/mol. The van der Waals surface area contributed by atoms with Crippen molar-refractivity contribution < 1.29 is 28.8 Å². The van der Waals surface area contributed by atoms with Gasteiger partial charge in [-0.25, -0.2) is 14.6 Å². The summed E-state index contributed by atoms with van der Waals surface area (Å²) in [6.07, 6.45) is 0.664. The van der Waals surface area contributed by atoms with E-state index < -0.39 is 28.9 Å². The number of nitrogens with zero attached hydrogens (tertiary/aromatic N) is 1. The van der Waals surface area contributed by atoms with Crippen LogP contribution in [0.5, 0.6) is 0 Å². The number of anilines is 1. The third-order valence-corrected chi connectivity index (χ3v) is 3.89. The van der Waals surface area contributed by atoms with Gasteiger partial charge in [-0.1, -0.05) is 0 Å². The zero-order valence-corrected chi connectivity index (χ0v) is 17.2. The van der Waals surface area contributed by atoms with E-state index >= 15 is 0 Å². The van der Waals surface area contributed by atoms with Crippen LogP contribution in [0.1, 0.15) is 59.0 Å². The van der Waals surface area contributed by atoms with Gasteiger partial charge in [-0.05, 0) is 60.0 Å². The highest BCUT2D eigenvalue weighted by atomic mass is 16.6. The number of amides is 1.